The molecule has 11 heteroatoms. The molecule has 0 saturated carbocycles. The summed E-state index contributed by atoms with van der Waals surface area (Å²) in [4.78, 5) is 23.9. The maximum Gasteiger partial charge on any atom is 0.203 e. The number of piperidine rings is 1. The molecule has 11 nitrogen and oxygen atoms in total. The van der Waals surface area contributed by atoms with E-state index in [1.54, 1.807) is 35.5 Å². The first-order chi connectivity index (χ1) is 25.8. The van der Waals surface area contributed by atoms with Crippen molar-refractivity contribution in [1.29, 1.82) is 0 Å². The molecule has 1 atom stereocenters. The highest BCUT2D eigenvalue weighted by atomic mass is 16.5. The Morgan fingerprint density at radius 3 is 2.17 bits per heavy atom. The van der Waals surface area contributed by atoms with Crippen LogP contribution in [0.25, 0.3) is 11.0 Å². The van der Waals surface area contributed by atoms with E-state index in [4.69, 9.17) is 33.4 Å². The number of methoxy groups -OCH3 is 5. The van der Waals surface area contributed by atoms with Crippen molar-refractivity contribution >= 4 is 16.8 Å². The van der Waals surface area contributed by atoms with Crippen molar-refractivity contribution in [2.75, 3.05) is 81.5 Å². The number of aromatic nitrogens is 2. The van der Waals surface area contributed by atoms with Crippen LogP contribution < -0.4 is 23.7 Å². The predicted octanol–water partition coefficient (Wildman–Crippen LogP) is 6.54. The second-order valence-electron chi connectivity index (χ2n) is 14.4. The van der Waals surface area contributed by atoms with Crippen LogP contribution in [0.15, 0.2) is 54.6 Å². The fourth-order valence-corrected chi connectivity index (χ4v) is 8.29. The number of carbonyl (C=O) groups excluding carboxylic acids is 1. The minimum atomic E-state index is -0.0323. The highest BCUT2D eigenvalue weighted by Gasteiger charge is 2.39. The third-order valence-electron chi connectivity index (χ3n) is 11.1. The monoisotopic (exact) mass is 728 g/mol. The molecule has 0 aliphatic carbocycles. The average Bonchev–Trinajstić information content (AvgIpc) is 3.77. The van der Waals surface area contributed by atoms with Crippen LogP contribution in [0, 0.1) is 11.3 Å². The molecule has 3 heterocycles. The number of para-hydroxylation sites is 2. The number of Topliss-reactive ketones (excluding diaryl/α,β-unsaturated/α-hetero) is 1. The Balaban J connectivity index is 1.14. The zero-order valence-corrected chi connectivity index (χ0v) is 32.3. The topological polar surface area (TPSA) is 96.8 Å². The van der Waals surface area contributed by atoms with Crippen molar-refractivity contribution in [3.8, 4) is 28.7 Å². The zero-order valence-electron chi connectivity index (χ0n) is 32.3. The van der Waals surface area contributed by atoms with Gasteiger partial charge in [-0.05, 0) is 118 Å². The maximum atomic E-state index is 14.0. The molecule has 2 fully saturated rings. The molecule has 2 saturated heterocycles. The Labute approximate surface area is 314 Å². The Kier molecular flexibility index (Phi) is 12.8. The number of rotatable bonds is 18. The zero-order chi connectivity index (χ0) is 37.4. The molecule has 2 aliphatic heterocycles. The van der Waals surface area contributed by atoms with Gasteiger partial charge in [-0.1, -0.05) is 18.2 Å². The molecule has 3 aromatic carbocycles. The molecule has 286 valence electrons. The summed E-state index contributed by atoms with van der Waals surface area (Å²) >= 11 is 0. The Bertz CT molecular complexity index is 1810. The first-order valence-electron chi connectivity index (χ1n) is 18.9. The minimum absolute atomic E-state index is 0.0323. The van der Waals surface area contributed by atoms with E-state index >= 15 is 0 Å². The fraction of sp³-hybridized carbons (Fsp3) is 0.524. The van der Waals surface area contributed by atoms with Crippen LogP contribution >= 0.6 is 0 Å². The average molecular weight is 729 g/mol. The van der Waals surface area contributed by atoms with Crippen LogP contribution in [0.5, 0.6) is 28.7 Å². The predicted molar refractivity (Wildman–Crippen MR) is 206 cm³/mol. The van der Waals surface area contributed by atoms with Crippen molar-refractivity contribution in [3.63, 3.8) is 0 Å². The lowest BCUT2D eigenvalue weighted by atomic mass is 9.77. The maximum absolute atomic E-state index is 14.0. The number of benzene rings is 3. The summed E-state index contributed by atoms with van der Waals surface area (Å²) in [6, 6.07) is 18.4. The SMILES string of the molecule is CCOCCn1c(C(=O)C2CCN(CCC3(Cc4ccc(OC)c(OC)c4)CCN(Cc4cc(OC)c(OC)c(OC)c4)C3)CC2)nc2ccccc21. The van der Waals surface area contributed by atoms with Gasteiger partial charge < -0.3 is 37.9 Å². The minimum Gasteiger partial charge on any atom is -0.493 e. The summed E-state index contributed by atoms with van der Waals surface area (Å²) < 4.78 is 35.8. The summed E-state index contributed by atoms with van der Waals surface area (Å²) in [5.74, 6) is 4.12. The van der Waals surface area contributed by atoms with Crippen molar-refractivity contribution in [3.05, 3.63) is 71.5 Å². The van der Waals surface area contributed by atoms with Crippen LogP contribution in [0.3, 0.4) is 0 Å². The van der Waals surface area contributed by atoms with Crippen LogP contribution in [0.2, 0.25) is 0 Å². The first kappa shape index (κ1) is 38.4. The normalized spacial score (nSPS) is 18.4. The van der Waals surface area contributed by atoms with Gasteiger partial charge in [0.25, 0.3) is 0 Å². The van der Waals surface area contributed by atoms with E-state index in [0.29, 0.717) is 42.8 Å². The van der Waals surface area contributed by atoms with E-state index in [0.717, 1.165) is 99.5 Å². The van der Waals surface area contributed by atoms with Crippen molar-refractivity contribution in [1.82, 2.24) is 19.4 Å². The smallest absolute Gasteiger partial charge is 0.203 e. The van der Waals surface area contributed by atoms with E-state index in [9.17, 15) is 4.79 Å². The Morgan fingerprint density at radius 2 is 1.49 bits per heavy atom. The third-order valence-corrected chi connectivity index (χ3v) is 11.1. The lowest BCUT2D eigenvalue weighted by Gasteiger charge is -2.36. The van der Waals surface area contributed by atoms with Gasteiger partial charge in [-0.25, -0.2) is 4.98 Å². The quantitative estimate of drug-likeness (QED) is 0.0831. The fourth-order valence-electron chi connectivity index (χ4n) is 8.29. The summed E-state index contributed by atoms with van der Waals surface area (Å²) in [7, 11) is 8.31. The van der Waals surface area contributed by atoms with Gasteiger partial charge in [0.15, 0.2) is 28.8 Å². The number of ketones is 1. The number of carbonyl (C=O) groups is 1. The first-order valence-corrected chi connectivity index (χ1v) is 18.9. The van der Waals surface area contributed by atoms with Crippen LogP contribution in [-0.2, 0) is 24.2 Å². The summed E-state index contributed by atoms with van der Waals surface area (Å²) in [6.07, 6.45) is 4.75. The van der Waals surface area contributed by atoms with Crippen LogP contribution in [0.4, 0.5) is 0 Å². The molecular weight excluding hydrogens is 672 g/mol. The highest BCUT2D eigenvalue weighted by Crippen LogP contribution is 2.42. The molecule has 2 aliphatic rings. The largest absolute Gasteiger partial charge is 0.493 e. The number of ether oxygens (including phenoxy) is 6. The van der Waals surface area contributed by atoms with Gasteiger partial charge in [0.2, 0.25) is 11.5 Å². The van der Waals surface area contributed by atoms with E-state index in [1.165, 1.54) is 5.56 Å². The van der Waals surface area contributed by atoms with E-state index in [1.807, 2.05) is 37.3 Å². The number of likely N-dealkylation sites (tertiary alicyclic amines) is 2. The number of fused-ring (bicyclic) bond motifs is 1. The second-order valence-corrected chi connectivity index (χ2v) is 14.4. The molecule has 6 rings (SSSR count). The van der Waals surface area contributed by atoms with Crippen molar-refractivity contribution in [2.45, 2.75) is 52.1 Å². The van der Waals surface area contributed by atoms with Crippen molar-refractivity contribution < 1.29 is 33.2 Å². The van der Waals surface area contributed by atoms with Gasteiger partial charge in [-0.3, -0.25) is 9.69 Å². The second kappa shape index (κ2) is 17.7. The summed E-state index contributed by atoms with van der Waals surface area (Å²) in [5, 5.41) is 0. The van der Waals surface area contributed by atoms with Crippen LogP contribution in [0.1, 0.15) is 54.4 Å². The standard InChI is InChI=1S/C42H56N4O7/c1-7-53-23-22-46-34-11-9-8-10-33(34)43-41(46)39(47)32-14-18-44(19-15-32)20-16-42(27-30-12-13-35(48-2)36(24-30)49-3)17-21-45(29-42)28-31-25-37(50-4)40(52-6)38(26-31)51-5/h8-13,24-26,32H,7,14-23,27-29H2,1-6H3. The van der Waals surface area contributed by atoms with E-state index in [2.05, 4.69) is 38.6 Å². The molecular formula is C42H56N4O7. The molecule has 0 N–H and O–H groups in total. The van der Waals surface area contributed by atoms with Gasteiger partial charge in [0.1, 0.15) is 0 Å². The Hall–Kier alpha value is -4.32. The molecule has 4 aromatic rings. The molecule has 0 spiro atoms. The van der Waals surface area contributed by atoms with Crippen LogP contribution in [-0.4, -0.2) is 107 Å². The highest BCUT2D eigenvalue weighted by molar-refractivity contribution is 5.98. The lowest BCUT2D eigenvalue weighted by Crippen LogP contribution is -2.40. The number of imidazole rings is 1. The summed E-state index contributed by atoms with van der Waals surface area (Å²) in [5.41, 5.74) is 4.29. The molecule has 1 unspecified atom stereocenters. The molecule has 53 heavy (non-hydrogen) atoms. The van der Waals surface area contributed by atoms with Gasteiger partial charge in [0, 0.05) is 32.2 Å². The number of nitrogens with zero attached hydrogens (tertiary/aromatic N) is 4. The molecule has 0 radical (unpaired) electrons. The van der Waals surface area contributed by atoms with Crippen molar-refractivity contribution in [2.24, 2.45) is 11.3 Å². The molecule has 0 bridgehead atoms. The van der Waals surface area contributed by atoms with Gasteiger partial charge in [-0.15, -0.1) is 0 Å². The van der Waals surface area contributed by atoms with Gasteiger partial charge >= 0.3 is 0 Å². The van der Waals surface area contributed by atoms with E-state index in [-0.39, 0.29) is 17.1 Å². The Morgan fingerprint density at radius 1 is 0.792 bits per heavy atom. The van der Waals surface area contributed by atoms with E-state index < -0.39 is 0 Å². The molecule has 1 aromatic heterocycles. The van der Waals surface area contributed by atoms with Gasteiger partial charge in [0.05, 0.1) is 53.2 Å². The number of hydrogen-bond acceptors (Lipinski definition) is 10. The van der Waals surface area contributed by atoms with Gasteiger partial charge in [-0.2, -0.15) is 0 Å². The molecule has 0 amide bonds. The number of hydrogen-bond donors (Lipinski definition) is 0. The third kappa shape index (κ3) is 8.74. The lowest BCUT2D eigenvalue weighted by molar-refractivity contribution is 0.0804. The summed E-state index contributed by atoms with van der Waals surface area (Å²) in [6.45, 7) is 9.34.